The average molecular weight is 310 g/mol. The second-order valence-electron chi connectivity index (χ2n) is 4.59. The van der Waals surface area contributed by atoms with Crippen molar-refractivity contribution in [2.45, 2.75) is 12.8 Å². The Hall–Kier alpha value is -0.950. The maximum absolute atomic E-state index is 6.14. The molecule has 1 aliphatic rings. The minimum Gasteiger partial charge on any atom is -0.0843 e. The van der Waals surface area contributed by atoms with Crippen LogP contribution in [0.1, 0.15) is 23.1 Å². The summed E-state index contributed by atoms with van der Waals surface area (Å²) in [6, 6.07) is 11.8. The van der Waals surface area contributed by atoms with Gasteiger partial charge in [-0.25, -0.2) is 0 Å². The van der Waals surface area contributed by atoms with E-state index >= 15 is 0 Å². The Kier molecular flexibility index (Phi) is 3.58. The molecular formula is C16H11Cl3. The number of aryl methyl sites for hydroxylation is 1. The largest absolute Gasteiger partial charge is 0.0843 e. The quantitative estimate of drug-likeness (QED) is 0.604. The number of halogens is 3. The molecule has 0 saturated heterocycles. The first-order chi connectivity index (χ1) is 9.15. The molecule has 2 aromatic carbocycles. The average Bonchev–Trinajstić information content (AvgIpc) is 2.41. The van der Waals surface area contributed by atoms with Gasteiger partial charge in [0.25, 0.3) is 0 Å². The van der Waals surface area contributed by atoms with Gasteiger partial charge in [0.15, 0.2) is 0 Å². The summed E-state index contributed by atoms with van der Waals surface area (Å²) in [6.07, 6.45) is 4.27. The van der Waals surface area contributed by atoms with E-state index in [1.54, 1.807) is 0 Å². The van der Waals surface area contributed by atoms with Crippen molar-refractivity contribution in [3.63, 3.8) is 0 Å². The fraction of sp³-hybridized carbons (Fsp3) is 0.125. The molecule has 0 atom stereocenters. The summed E-state index contributed by atoms with van der Waals surface area (Å²) in [6.45, 7) is 0. The maximum atomic E-state index is 6.14. The molecule has 0 radical (unpaired) electrons. The number of hydrogen-bond donors (Lipinski definition) is 0. The van der Waals surface area contributed by atoms with E-state index in [9.17, 15) is 0 Å². The Balaban J connectivity index is 2.12. The predicted molar refractivity (Wildman–Crippen MR) is 83.3 cm³/mol. The van der Waals surface area contributed by atoms with Crippen molar-refractivity contribution < 1.29 is 0 Å². The highest BCUT2D eigenvalue weighted by atomic mass is 35.5. The van der Waals surface area contributed by atoms with Gasteiger partial charge in [-0.15, -0.1) is 0 Å². The van der Waals surface area contributed by atoms with Crippen molar-refractivity contribution in [3.05, 3.63) is 74.2 Å². The molecule has 0 amide bonds. The molecule has 0 nitrogen and oxygen atoms in total. The van der Waals surface area contributed by atoms with Crippen LogP contribution in [0.15, 0.2) is 42.5 Å². The van der Waals surface area contributed by atoms with Gasteiger partial charge in [-0.2, -0.15) is 0 Å². The molecule has 0 aromatic heterocycles. The lowest BCUT2D eigenvalue weighted by atomic mass is 9.87. The highest BCUT2D eigenvalue weighted by molar-refractivity contribution is 6.42. The minimum atomic E-state index is 0.599. The van der Waals surface area contributed by atoms with Crippen LogP contribution in [0.25, 0.3) is 5.57 Å². The van der Waals surface area contributed by atoms with Crippen molar-refractivity contribution in [3.8, 4) is 0 Å². The van der Waals surface area contributed by atoms with E-state index in [0.29, 0.717) is 10.0 Å². The molecule has 0 unspecified atom stereocenters. The van der Waals surface area contributed by atoms with Crippen LogP contribution in [0.3, 0.4) is 0 Å². The van der Waals surface area contributed by atoms with Crippen LogP contribution in [-0.4, -0.2) is 0 Å². The van der Waals surface area contributed by atoms with Crippen molar-refractivity contribution in [2.24, 2.45) is 0 Å². The molecule has 19 heavy (non-hydrogen) atoms. The molecule has 96 valence electrons. The lowest BCUT2D eigenvalue weighted by Gasteiger charge is -2.19. The maximum Gasteiger partial charge on any atom is 0.0598 e. The van der Waals surface area contributed by atoms with Crippen molar-refractivity contribution >= 4 is 40.4 Å². The molecular weight excluding hydrogens is 299 g/mol. The summed E-state index contributed by atoms with van der Waals surface area (Å²) in [5.41, 5.74) is 4.78. The molecule has 0 N–H and O–H groups in total. The van der Waals surface area contributed by atoms with Gasteiger partial charge in [0.2, 0.25) is 0 Å². The zero-order valence-corrected chi connectivity index (χ0v) is 12.4. The van der Waals surface area contributed by atoms with Gasteiger partial charge in [-0.1, -0.05) is 53.0 Å². The Bertz CT molecular complexity index is 654. The fourth-order valence-electron chi connectivity index (χ4n) is 2.43. The molecule has 2 aromatic rings. The number of hydrogen-bond acceptors (Lipinski definition) is 0. The van der Waals surface area contributed by atoms with Crippen LogP contribution in [0.5, 0.6) is 0 Å². The van der Waals surface area contributed by atoms with Gasteiger partial charge in [0, 0.05) is 5.02 Å². The van der Waals surface area contributed by atoms with E-state index in [2.05, 4.69) is 6.08 Å². The monoisotopic (exact) mass is 308 g/mol. The van der Waals surface area contributed by atoms with E-state index in [-0.39, 0.29) is 0 Å². The molecule has 0 bridgehead atoms. The van der Waals surface area contributed by atoms with Crippen molar-refractivity contribution in [1.82, 2.24) is 0 Å². The molecule has 0 fully saturated rings. The molecule has 0 heterocycles. The van der Waals surface area contributed by atoms with Gasteiger partial charge in [0.05, 0.1) is 10.0 Å². The third kappa shape index (κ3) is 2.53. The summed E-state index contributed by atoms with van der Waals surface area (Å²) in [5, 5.41) is 1.97. The highest BCUT2D eigenvalue weighted by Crippen LogP contribution is 2.36. The van der Waals surface area contributed by atoms with Crippen molar-refractivity contribution in [2.75, 3.05) is 0 Å². The number of benzene rings is 2. The second kappa shape index (κ2) is 5.20. The standard InChI is InChI=1S/C16H11Cl3/c17-12-6-4-10(5-7-12)13-3-1-2-11-8-15(18)16(19)9-14(11)13/h3-9H,1-2H2. The summed E-state index contributed by atoms with van der Waals surface area (Å²) in [5.74, 6) is 0. The van der Waals surface area contributed by atoms with Gasteiger partial charge < -0.3 is 0 Å². The van der Waals surface area contributed by atoms with Gasteiger partial charge in [-0.05, 0) is 59.4 Å². The Labute approximate surface area is 127 Å². The summed E-state index contributed by atoms with van der Waals surface area (Å²) in [7, 11) is 0. The van der Waals surface area contributed by atoms with E-state index in [1.807, 2.05) is 36.4 Å². The first-order valence-corrected chi connectivity index (χ1v) is 7.23. The SMILES string of the molecule is Clc1ccc(C2=CCCc3cc(Cl)c(Cl)cc32)cc1. The molecule has 3 rings (SSSR count). The van der Waals surface area contributed by atoms with Crippen LogP contribution in [0.4, 0.5) is 0 Å². The third-order valence-electron chi connectivity index (χ3n) is 3.35. The van der Waals surface area contributed by atoms with Crippen LogP contribution in [0.2, 0.25) is 15.1 Å². The lowest BCUT2D eigenvalue weighted by Crippen LogP contribution is -2.01. The summed E-state index contributed by atoms with van der Waals surface area (Å²) in [4.78, 5) is 0. The number of rotatable bonds is 1. The van der Waals surface area contributed by atoms with Gasteiger partial charge in [-0.3, -0.25) is 0 Å². The van der Waals surface area contributed by atoms with Crippen LogP contribution < -0.4 is 0 Å². The van der Waals surface area contributed by atoms with Crippen molar-refractivity contribution in [1.29, 1.82) is 0 Å². The number of fused-ring (bicyclic) bond motifs is 1. The lowest BCUT2D eigenvalue weighted by molar-refractivity contribution is 0.978. The summed E-state index contributed by atoms with van der Waals surface area (Å²) < 4.78 is 0. The minimum absolute atomic E-state index is 0.599. The molecule has 1 aliphatic carbocycles. The number of allylic oxidation sites excluding steroid dienone is 1. The molecule has 0 aliphatic heterocycles. The zero-order chi connectivity index (χ0) is 13.4. The van der Waals surface area contributed by atoms with E-state index in [1.165, 1.54) is 16.7 Å². The Morgan fingerprint density at radius 1 is 0.842 bits per heavy atom. The third-order valence-corrected chi connectivity index (χ3v) is 4.33. The van der Waals surface area contributed by atoms with Gasteiger partial charge >= 0.3 is 0 Å². The molecule has 0 spiro atoms. The van der Waals surface area contributed by atoms with Crippen LogP contribution in [0, 0.1) is 0 Å². The molecule has 3 heteroatoms. The normalized spacial score (nSPS) is 13.9. The fourth-order valence-corrected chi connectivity index (χ4v) is 2.91. The van der Waals surface area contributed by atoms with E-state index in [4.69, 9.17) is 34.8 Å². The second-order valence-corrected chi connectivity index (χ2v) is 5.84. The first kappa shape index (κ1) is 13.1. The zero-order valence-electron chi connectivity index (χ0n) is 10.1. The van der Waals surface area contributed by atoms with Crippen LogP contribution in [-0.2, 0) is 6.42 Å². The smallest absolute Gasteiger partial charge is 0.0598 e. The Morgan fingerprint density at radius 2 is 1.53 bits per heavy atom. The summed E-state index contributed by atoms with van der Waals surface area (Å²) >= 11 is 18.2. The highest BCUT2D eigenvalue weighted by Gasteiger charge is 2.16. The van der Waals surface area contributed by atoms with Gasteiger partial charge in [0.1, 0.15) is 0 Å². The topological polar surface area (TPSA) is 0 Å². The molecule has 0 saturated carbocycles. The Morgan fingerprint density at radius 3 is 2.26 bits per heavy atom. The van der Waals surface area contributed by atoms with E-state index in [0.717, 1.165) is 23.4 Å². The van der Waals surface area contributed by atoms with E-state index < -0.39 is 0 Å². The first-order valence-electron chi connectivity index (χ1n) is 6.09. The predicted octanol–water partition coefficient (Wildman–Crippen LogP) is 6.02. The van der Waals surface area contributed by atoms with Crippen LogP contribution >= 0.6 is 34.8 Å².